The highest BCUT2D eigenvalue weighted by Crippen LogP contribution is 2.47. The molecule has 2 rings (SSSR count). The van der Waals surface area contributed by atoms with Crippen LogP contribution in [0, 0.1) is 17.3 Å². The van der Waals surface area contributed by atoms with Crippen LogP contribution in [0.15, 0.2) is 30.3 Å². The molecule has 1 aromatic carbocycles. The van der Waals surface area contributed by atoms with Crippen LogP contribution in [0.1, 0.15) is 58.9 Å². The summed E-state index contributed by atoms with van der Waals surface area (Å²) in [6.45, 7) is 15.6. The molecular formula is C22H38O2Si. The molecule has 2 nitrogen and oxygen atoms in total. The Bertz CT molecular complexity index is 501. The van der Waals surface area contributed by atoms with Gasteiger partial charge in [0.15, 0.2) is 9.04 Å². The minimum Gasteiger partial charge on any atom is -0.415 e. The molecule has 0 spiro atoms. The van der Waals surface area contributed by atoms with Crippen LogP contribution in [-0.4, -0.2) is 21.2 Å². The van der Waals surface area contributed by atoms with Crippen LogP contribution in [0.4, 0.5) is 0 Å². The number of hydrogen-bond acceptors (Lipinski definition) is 2. The minimum atomic E-state index is -1.06. The zero-order valence-corrected chi connectivity index (χ0v) is 18.3. The lowest BCUT2D eigenvalue weighted by atomic mass is 9.64. The Labute approximate surface area is 157 Å². The average Bonchev–Trinajstić information content (AvgIpc) is 2.55. The monoisotopic (exact) mass is 362 g/mol. The largest absolute Gasteiger partial charge is 0.415 e. The topological polar surface area (TPSA) is 18.5 Å². The van der Waals surface area contributed by atoms with Crippen LogP contribution < -0.4 is 0 Å². The summed E-state index contributed by atoms with van der Waals surface area (Å²) in [7, 11) is -1.06. The van der Waals surface area contributed by atoms with Gasteiger partial charge in [-0.05, 0) is 68.5 Å². The Morgan fingerprint density at radius 3 is 2.08 bits per heavy atom. The molecule has 1 aliphatic carbocycles. The minimum absolute atomic E-state index is 0.00323. The predicted molar refractivity (Wildman–Crippen MR) is 109 cm³/mol. The first-order valence-electron chi connectivity index (χ1n) is 10.0. The van der Waals surface area contributed by atoms with Gasteiger partial charge < -0.3 is 9.16 Å². The predicted octanol–water partition coefficient (Wildman–Crippen LogP) is 5.81. The van der Waals surface area contributed by atoms with Gasteiger partial charge in [-0.25, -0.2) is 0 Å². The second-order valence-electron chi connectivity index (χ2n) is 9.24. The van der Waals surface area contributed by atoms with Gasteiger partial charge in [0, 0.05) is 6.61 Å². The standard InChI is InChI=1S/C22H38O2Si/c1-21(2,3)22(4,24-25(5)6)20-14-12-19(13-15-20)17-23-16-18-10-8-7-9-11-18/h7-11,19-20,25H,12-17H2,1-6H3/t19-,20-,22?. The number of benzene rings is 1. The second kappa shape index (κ2) is 8.83. The quantitative estimate of drug-likeness (QED) is 0.569. The fraction of sp³-hybridized carbons (Fsp3) is 0.727. The smallest absolute Gasteiger partial charge is 0.171 e. The molecule has 1 atom stereocenters. The van der Waals surface area contributed by atoms with E-state index in [2.05, 4.69) is 71.1 Å². The summed E-state index contributed by atoms with van der Waals surface area (Å²) < 4.78 is 12.6. The molecule has 1 aromatic rings. The summed E-state index contributed by atoms with van der Waals surface area (Å²) in [6, 6.07) is 10.5. The summed E-state index contributed by atoms with van der Waals surface area (Å²) in [5.74, 6) is 1.38. The first-order chi connectivity index (χ1) is 11.7. The molecule has 1 fully saturated rings. The molecular weight excluding hydrogens is 324 g/mol. The van der Waals surface area contributed by atoms with Crippen molar-refractivity contribution in [1.29, 1.82) is 0 Å². The third kappa shape index (κ3) is 5.67. The number of hydrogen-bond donors (Lipinski definition) is 0. The van der Waals surface area contributed by atoms with Gasteiger partial charge in [-0.3, -0.25) is 0 Å². The Morgan fingerprint density at radius 2 is 1.56 bits per heavy atom. The van der Waals surface area contributed by atoms with E-state index in [4.69, 9.17) is 9.16 Å². The molecule has 0 aliphatic heterocycles. The van der Waals surface area contributed by atoms with Crippen LogP contribution in [0.5, 0.6) is 0 Å². The van der Waals surface area contributed by atoms with Crippen molar-refractivity contribution in [3.63, 3.8) is 0 Å². The van der Waals surface area contributed by atoms with E-state index < -0.39 is 9.04 Å². The summed E-state index contributed by atoms with van der Waals surface area (Å²) >= 11 is 0. The van der Waals surface area contributed by atoms with Crippen molar-refractivity contribution in [2.45, 2.75) is 78.7 Å². The van der Waals surface area contributed by atoms with Gasteiger partial charge in [-0.1, -0.05) is 51.1 Å². The maximum atomic E-state index is 6.62. The molecule has 142 valence electrons. The first kappa shape index (κ1) is 20.7. The Morgan fingerprint density at radius 1 is 0.960 bits per heavy atom. The molecule has 0 N–H and O–H groups in total. The highest BCUT2D eigenvalue weighted by Gasteiger charge is 2.46. The van der Waals surface area contributed by atoms with Gasteiger partial charge in [0.1, 0.15) is 0 Å². The lowest BCUT2D eigenvalue weighted by molar-refractivity contribution is -0.0861. The van der Waals surface area contributed by atoms with E-state index in [1.807, 2.05) is 0 Å². The normalized spacial score (nSPS) is 24.3. The maximum Gasteiger partial charge on any atom is 0.171 e. The van der Waals surface area contributed by atoms with Crippen LogP contribution in [0.25, 0.3) is 0 Å². The van der Waals surface area contributed by atoms with Gasteiger partial charge in [-0.2, -0.15) is 0 Å². The molecule has 0 aromatic heterocycles. The number of ether oxygens (including phenoxy) is 1. The molecule has 1 saturated carbocycles. The van der Waals surface area contributed by atoms with E-state index in [0.29, 0.717) is 11.8 Å². The highest BCUT2D eigenvalue weighted by atomic mass is 28.3. The Kier molecular flexibility index (Phi) is 7.30. The van der Waals surface area contributed by atoms with Crippen molar-refractivity contribution >= 4 is 9.04 Å². The molecule has 0 amide bonds. The molecule has 3 heteroatoms. The SMILES string of the molecule is C[SiH](C)OC(C)([C@H]1CC[C@H](COCc2ccccc2)CC1)C(C)(C)C. The maximum absolute atomic E-state index is 6.62. The van der Waals surface area contributed by atoms with Crippen molar-refractivity contribution in [3.8, 4) is 0 Å². The molecule has 25 heavy (non-hydrogen) atoms. The molecule has 1 aliphatic rings. The average molecular weight is 363 g/mol. The van der Waals surface area contributed by atoms with E-state index in [9.17, 15) is 0 Å². The van der Waals surface area contributed by atoms with Gasteiger partial charge in [-0.15, -0.1) is 0 Å². The zero-order chi connectivity index (χ0) is 18.5. The summed E-state index contributed by atoms with van der Waals surface area (Å²) in [4.78, 5) is 0. The van der Waals surface area contributed by atoms with Gasteiger partial charge >= 0.3 is 0 Å². The van der Waals surface area contributed by atoms with E-state index in [-0.39, 0.29) is 11.0 Å². The van der Waals surface area contributed by atoms with E-state index in [1.165, 1.54) is 31.2 Å². The third-order valence-electron chi connectivity index (χ3n) is 6.06. The Hall–Kier alpha value is -0.643. The fourth-order valence-electron chi connectivity index (χ4n) is 4.17. The fourth-order valence-corrected chi connectivity index (χ4v) is 5.70. The van der Waals surface area contributed by atoms with Gasteiger partial charge in [0.25, 0.3) is 0 Å². The first-order valence-corrected chi connectivity index (χ1v) is 12.8. The van der Waals surface area contributed by atoms with E-state index in [0.717, 1.165) is 13.2 Å². The van der Waals surface area contributed by atoms with Crippen LogP contribution in [0.2, 0.25) is 13.1 Å². The molecule has 0 saturated heterocycles. The number of rotatable bonds is 7. The molecule has 0 bridgehead atoms. The van der Waals surface area contributed by atoms with Gasteiger partial charge in [0.2, 0.25) is 0 Å². The lowest BCUT2D eigenvalue weighted by Gasteiger charge is -2.51. The molecule has 0 radical (unpaired) electrons. The van der Waals surface area contributed by atoms with Crippen molar-refractivity contribution in [1.82, 2.24) is 0 Å². The summed E-state index contributed by atoms with van der Waals surface area (Å²) in [5, 5.41) is 0. The van der Waals surface area contributed by atoms with Crippen LogP contribution >= 0.6 is 0 Å². The van der Waals surface area contributed by atoms with E-state index in [1.54, 1.807) is 0 Å². The Balaban J connectivity index is 1.83. The third-order valence-corrected chi connectivity index (χ3v) is 7.02. The second-order valence-corrected chi connectivity index (χ2v) is 11.6. The van der Waals surface area contributed by atoms with Crippen molar-refractivity contribution in [3.05, 3.63) is 35.9 Å². The lowest BCUT2D eigenvalue weighted by Crippen LogP contribution is -2.52. The zero-order valence-electron chi connectivity index (χ0n) is 17.2. The van der Waals surface area contributed by atoms with E-state index >= 15 is 0 Å². The van der Waals surface area contributed by atoms with Crippen LogP contribution in [0.3, 0.4) is 0 Å². The highest BCUT2D eigenvalue weighted by molar-refractivity contribution is 6.48. The van der Waals surface area contributed by atoms with Crippen molar-refractivity contribution in [2.75, 3.05) is 6.61 Å². The molecule has 0 heterocycles. The van der Waals surface area contributed by atoms with Crippen molar-refractivity contribution in [2.24, 2.45) is 17.3 Å². The molecule has 1 unspecified atom stereocenters. The summed E-state index contributed by atoms with van der Waals surface area (Å²) in [6.07, 6.45) is 5.09. The van der Waals surface area contributed by atoms with Crippen LogP contribution in [-0.2, 0) is 15.8 Å². The van der Waals surface area contributed by atoms with Gasteiger partial charge in [0.05, 0.1) is 12.2 Å². The van der Waals surface area contributed by atoms with Crippen molar-refractivity contribution < 1.29 is 9.16 Å². The summed E-state index contributed by atoms with van der Waals surface area (Å²) in [5.41, 5.74) is 1.46.